The average Bonchev–Trinajstić information content (AvgIpc) is 2.60. The molecule has 0 amide bonds. The minimum atomic E-state index is -3.06. The van der Waals surface area contributed by atoms with Gasteiger partial charge in [0, 0.05) is 23.7 Å². The van der Waals surface area contributed by atoms with Gasteiger partial charge in [0.05, 0.1) is 12.0 Å². The molecule has 0 aromatic heterocycles. The number of aliphatic hydroxyl groups is 1. The topological polar surface area (TPSA) is 49.7 Å². The standard InChI is InChI=1S/C8H8BrFO.C6H4BrFO.C2H6O/c1-2-11-8-5-6(9)3-4-7(8)10;7-4-1-2-5(8)6(9)3-4;1-2-3/h3-5H,2H2,1H3;1-3,9H;3H,2H2,1H3/i1D3,2D2;;1D3,2D2. The van der Waals surface area contributed by atoms with Crippen molar-refractivity contribution in [1.29, 1.82) is 0 Å². The summed E-state index contributed by atoms with van der Waals surface area (Å²) in [6.07, 6.45) is 0. The number of benzene rings is 2. The third-order valence-corrected chi connectivity index (χ3v) is 2.95. The summed E-state index contributed by atoms with van der Waals surface area (Å²) in [5.41, 5.74) is 0. The molecule has 0 spiro atoms. The van der Waals surface area contributed by atoms with Gasteiger partial charge < -0.3 is 14.9 Å². The van der Waals surface area contributed by atoms with Gasteiger partial charge in [0.2, 0.25) is 0 Å². The van der Waals surface area contributed by atoms with Crippen LogP contribution in [-0.4, -0.2) is 23.3 Å². The Hall–Kier alpha value is -1.18. The molecule has 0 saturated heterocycles. The van der Waals surface area contributed by atoms with Crippen molar-refractivity contribution < 1.29 is 37.4 Å². The van der Waals surface area contributed by atoms with Crippen LogP contribution in [0.3, 0.4) is 0 Å². The maximum absolute atomic E-state index is 13.2. The molecule has 0 heterocycles. The highest BCUT2D eigenvalue weighted by molar-refractivity contribution is 9.10. The Morgan fingerprint density at radius 3 is 2.13 bits per heavy atom. The zero-order chi connectivity index (χ0) is 26.4. The average molecular weight is 466 g/mol. The molecule has 7 heteroatoms. The Balaban J connectivity index is 0.000000511. The van der Waals surface area contributed by atoms with Gasteiger partial charge in [-0.2, -0.15) is 0 Å². The van der Waals surface area contributed by atoms with Crippen LogP contribution in [0.25, 0.3) is 0 Å². The fourth-order valence-electron chi connectivity index (χ4n) is 1.10. The maximum Gasteiger partial charge on any atom is 0.165 e. The van der Waals surface area contributed by atoms with Crippen molar-refractivity contribution in [1.82, 2.24) is 0 Å². The van der Waals surface area contributed by atoms with Gasteiger partial charge in [-0.1, -0.05) is 31.9 Å². The molecule has 0 aliphatic carbocycles. The van der Waals surface area contributed by atoms with Crippen molar-refractivity contribution in [2.45, 2.75) is 13.7 Å². The lowest BCUT2D eigenvalue weighted by molar-refractivity contribution is 0.318. The number of aromatic hydroxyl groups is 1. The Morgan fingerprint density at radius 2 is 1.65 bits per heavy atom. The fraction of sp³-hybridized carbons (Fsp3) is 0.250. The minimum absolute atomic E-state index is 0.329. The molecule has 2 N–H and O–H groups in total. The molecule has 0 saturated carbocycles. The van der Waals surface area contributed by atoms with Gasteiger partial charge in [-0.25, -0.2) is 8.78 Å². The summed E-state index contributed by atoms with van der Waals surface area (Å²) in [6, 6.07) is 7.63. The lowest BCUT2D eigenvalue weighted by Crippen LogP contribution is -1.93. The van der Waals surface area contributed by atoms with Gasteiger partial charge >= 0.3 is 0 Å². The van der Waals surface area contributed by atoms with E-state index in [2.05, 4.69) is 36.6 Å². The summed E-state index contributed by atoms with van der Waals surface area (Å²) in [5, 5.41) is 16.8. The fourth-order valence-corrected chi connectivity index (χ4v) is 1.79. The molecule has 3 nitrogen and oxygen atoms in total. The molecule has 0 aliphatic rings. The summed E-state index contributed by atoms with van der Waals surface area (Å²) in [7, 11) is 0. The molecule has 0 bridgehead atoms. The maximum atomic E-state index is 13.2. The van der Waals surface area contributed by atoms with E-state index in [-0.39, 0.29) is 5.75 Å². The summed E-state index contributed by atoms with van der Waals surface area (Å²) in [4.78, 5) is 0. The van der Waals surface area contributed by atoms with Crippen molar-refractivity contribution >= 4 is 31.9 Å². The van der Waals surface area contributed by atoms with Crippen LogP contribution in [0.1, 0.15) is 27.4 Å². The van der Waals surface area contributed by atoms with E-state index in [1.807, 2.05) is 0 Å². The first kappa shape index (κ1) is 9.96. The van der Waals surface area contributed by atoms with E-state index in [1.165, 1.54) is 30.3 Å². The van der Waals surface area contributed by atoms with Crippen LogP contribution in [0.4, 0.5) is 8.78 Å². The predicted octanol–water partition coefficient (Wildman–Crippen LogP) is 5.28. The second-order valence-corrected chi connectivity index (χ2v) is 5.32. The number of hydrogen-bond donors (Lipinski definition) is 2. The summed E-state index contributed by atoms with van der Waals surface area (Å²) in [5.74, 6) is -2.20. The predicted molar refractivity (Wildman–Crippen MR) is 93.8 cm³/mol. The number of halogens is 4. The largest absolute Gasteiger partial charge is 0.505 e. The molecule has 0 radical (unpaired) electrons. The SMILES string of the molecule is Oc1cc(Br)ccc1F.[2H]C([2H])([2H])C([2H])([2H])O.[2H]C([2H])([2H])C([2H])([2H])Oc1cc(Br)ccc1F. The summed E-state index contributed by atoms with van der Waals surface area (Å²) in [6.45, 7) is -11.9. The van der Waals surface area contributed by atoms with E-state index in [0.717, 1.165) is 6.07 Å². The van der Waals surface area contributed by atoms with E-state index in [0.29, 0.717) is 8.95 Å². The van der Waals surface area contributed by atoms with Crippen molar-refractivity contribution in [3.05, 3.63) is 57.0 Å². The van der Waals surface area contributed by atoms with Gasteiger partial charge in [-0.15, -0.1) is 0 Å². The Bertz CT molecular complexity index is 907. The third kappa shape index (κ3) is 9.53. The smallest absolute Gasteiger partial charge is 0.165 e. The van der Waals surface area contributed by atoms with Crippen LogP contribution in [0, 0.1) is 11.6 Å². The van der Waals surface area contributed by atoms with Crippen molar-refractivity contribution in [3.8, 4) is 11.5 Å². The Morgan fingerprint density at radius 1 is 1.09 bits per heavy atom. The van der Waals surface area contributed by atoms with Gasteiger partial charge in [0.1, 0.15) is 0 Å². The van der Waals surface area contributed by atoms with Crippen LogP contribution < -0.4 is 4.74 Å². The number of ether oxygens (including phenoxy) is 1. The van der Waals surface area contributed by atoms with Crippen molar-refractivity contribution in [3.63, 3.8) is 0 Å². The molecule has 2 aromatic carbocycles. The van der Waals surface area contributed by atoms with Crippen LogP contribution >= 0.6 is 31.9 Å². The van der Waals surface area contributed by atoms with E-state index in [1.54, 1.807) is 0 Å². The van der Waals surface area contributed by atoms with E-state index < -0.39 is 44.2 Å². The normalized spacial score (nSPS) is 18.0. The highest BCUT2D eigenvalue weighted by Crippen LogP contribution is 2.22. The molecule has 128 valence electrons. The first-order valence-corrected chi connectivity index (χ1v) is 7.17. The minimum Gasteiger partial charge on any atom is -0.505 e. The molecular weight excluding hydrogens is 438 g/mol. The van der Waals surface area contributed by atoms with Crippen LogP contribution in [0.15, 0.2) is 45.3 Å². The van der Waals surface area contributed by atoms with E-state index >= 15 is 0 Å². The van der Waals surface area contributed by atoms with Crippen LogP contribution in [0.2, 0.25) is 0 Å². The zero-order valence-corrected chi connectivity index (χ0v) is 14.5. The zero-order valence-electron chi connectivity index (χ0n) is 21.3. The van der Waals surface area contributed by atoms with Gasteiger partial charge in [0.25, 0.3) is 0 Å². The molecular formula is C16H18Br2F2O3. The van der Waals surface area contributed by atoms with Gasteiger partial charge in [-0.05, 0) is 50.1 Å². The molecule has 0 aliphatic heterocycles. The number of rotatable bonds is 2. The molecule has 0 atom stereocenters. The first-order chi connectivity index (χ1) is 14.6. The van der Waals surface area contributed by atoms with Crippen molar-refractivity contribution in [2.24, 2.45) is 0 Å². The van der Waals surface area contributed by atoms with Gasteiger partial charge in [0.15, 0.2) is 23.1 Å². The lowest BCUT2D eigenvalue weighted by atomic mass is 10.3. The monoisotopic (exact) mass is 464 g/mol. The molecule has 2 rings (SSSR count). The van der Waals surface area contributed by atoms with E-state index in [9.17, 15) is 8.78 Å². The van der Waals surface area contributed by atoms with Crippen LogP contribution in [0.5, 0.6) is 11.5 Å². The second kappa shape index (κ2) is 12.3. The van der Waals surface area contributed by atoms with E-state index in [4.69, 9.17) is 23.9 Å². The Kier molecular flexibility index (Phi) is 5.31. The van der Waals surface area contributed by atoms with Crippen molar-refractivity contribution in [2.75, 3.05) is 13.1 Å². The number of phenolic OH excluding ortho intramolecular Hbond substituents is 1. The molecule has 0 unspecified atom stereocenters. The number of phenols is 1. The second-order valence-electron chi connectivity index (χ2n) is 3.49. The molecule has 23 heavy (non-hydrogen) atoms. The highest BCUT2D eigenvalue weighted by Gasteiger charge is 2.01. The van der Waals surface area contributed by atoms with Crippen LogP contribution in [-0.2, 0) is 0 Å². The van der Waals surface area contributed by atoms with Gasteiger partial charge in [-0.3, -0.25) is 0 Å². The highest BCUT2D eigenvalue weighted by atomic mass is 79.9. The Labute approximate surface area is 165 Å². The third-order valence-electron chi connectivity index (χ3n) is 1.96. The number of hydrogen-bond acceptors (Lipinski definition) is 3. The summed E-state index contributed by atoms with van der Waals surface area (Å²) >= 11 is 6.11. The molecule has 0 fully saturated rings. The summed E-state index contributed by atoms with van der Waals surface area (Å²) < 4.78 is 97.5. The lowest BCUT2D eigenvalue weighted by Gasteiger charge is -2.03. The molecule has 2 aromatic rings. The quantitative estimate of drug-likeness (QED) is 0.634. The first-order valence-electron chi connectivity index (χ1n) is 10.6.